The third-order valence-corrected chi connectivity index (χ3v) is 1.88. The summed E-state index contributed by atoms with van der Waals surface area (Å²) in [7, 11) is 0.615. The average molecular weight is 209 g/mol. The van der Waals surface area contributed by atoms with Crippen LogP contribution in [0.15, 0.2) is 24.3 Å². The summed E-state index contributed by atoms with van der Waals surface area (Å²) >= 11 is 0. The number of rotatable bonds is 3. The highest BCUT2D eigenvalue weighted by atomic mass is 16.4. The van der Waals surface area contributed by atoms with E-state index in [-0.39, 0.29) is 0 Å². The maximum Gasteiger partial charge on any atom is 0.488 e. The lowest BCUT2D eigenvalue weighted by molar-refractivity contribution is 0.426. The molecule has 1 aromatic rings. The SMILES string of the molecule is CCCNC.Cc1ccc(B(O)O)cc1. The van der Waals surface area contributed by atoms with E-state index in [0.717, 1.165) is 12.1 Å². The highest BCUT2D eigenvalue weighted by Gasteiger charge is 2.08. The Morgan fingerprint density at radius 3 is 2.00 bits per heavy atom. The van der Waals surface area contributed by atoms with E-state index in [9.17, 15) is 0 Å². The van der Waals surface area contributed by atoms with Crippen molar-refractivity contribution in [1.82, 2.24) is 5.32 Å². The molecule has 0 aromatic heterocycles. The molecule has 0 saturated carbocycles. The van der Waals surface area contributed by atoms with Gasteiger partial charge in [0.05, 0.1) is 0 Å². The molecule has 1 aromatic carbocycles. The summed E-state index contributed by atoms with van der Waals surface area (Å²) in [5.74, 6) is 0. The third kappa shape index (κ3) is 7.14. The van der Waals surface area contributed by atoms with Crippen LogP contribution in [0.5, 0.6) is 0 Å². The summed E-state index contributed by atoms with van der Waals surface area (Å²) < 4.78 is 0. The van der Waals surface area contributed by atoms with Crippen molar-refractivity contribution in [1.29, 1.82) is 0 Å². The molecular weight excluding hydrogens is 189 g/mol. The molecule has 84 valence electrons. The predicted octanol–water partition coefficient (Wildman–Crippen LogP) is 0.291. The van der Waals surface area contributed by atoms with Gasteiger partial charge in [-0.05, 0) is 32.4 Å². The van der Waals surface area contributed by atoms with Crippen molar-refractivity contribution in [3.8, 4) is 0 Å². The Balaban J connectivity index is 0.000000336. The van der Waals surface area contributed by atoms with Gasteiger partial charge in [0.15, 0.2) is 0 Å². The second-order valence-corrected chi connectivity index (χ2v) is 3.39. The maximum atomic E-state index is 8.67. The van der Waals surface area contributed by atoms with Crippen molar-refractivity contribution in [2.45, 2.75) is 20.3 Å². The summed E-state index contributed by atoms with van der Waals surface area (Å²) in [5, 5.41) is 20.4. The molecule has 0 aliphatic rings. The molecule has 0 radical (unpaired) electrons. The molecule has 0 aliphatic carbocycles. The molecule has 3 nitrogen and oxygen atoms in total. The van der Waals surface area contributed by atoms with Gasteiger partial charge in [-0.2, -0.15) is 0 Å². The monoisotopic (exact) mass is 209 g/mol. The molecule has 0 bridgehead atoms. The van der Waals surface area contributed by atoms with Gasteiger partial charge in [-0.15, -0.1) is 0 Å². The fraction of sp³-hybridized carbons (Fsp3) is 0.455. The van der Waals surface area contributed by atoms with Gasteiger partial charge < -0.3 is 15.4 Å². The summed E-state index contributed by atoms with van der Waals surface area (Å²) in [6.07, 6.45) is 1.23. The first-order valence-corrected chi connectivity index (χ1v) is 5.19. The molecular formula is C11H20BNO2. The number of benzene rings is 1. The van der Waals surface area contributed by atoms with Gasteiger partial charge in [-0.1, -0.05) is 36.8 Å². The van der Waals surface area contributed by atoms with Crippen molar-refractivity contribution in [2.24, 2.45) is 0 Å². The van der Waals surface area contributed by atoms with Crippen LogP contribution in [-0.4, -0.2) is 30.8 Å². The van der Waals surface area contributed by atoms with Crippen molar-refractivity contribution in [3.05, 3.63) is 29.8 Å². The number of aryl methyl sites for hydroxylation is 1. The smallest absolute Gasteiger partial charge is 0.423 e. The van der Waals surface area contributed by atoms with Crippen molar-refractivity contribution in [3.63, 3.8) is 0 Å². The van der Waals surface area contributed by atoms with Crippen LogP contribution in [0.1, 0.15) is 18.9 Å². The van der Waals surface area contributed by atoms with Crippen LogP contribution >= 0.6 is 0 Å². The van der Waals surface area contributed by atoms with Gasteiger partial charge in [0.25, 0.3) is 0 Å². The zero-order valence-corrected chi connectivity index (χ0v) is 9.70. The first kappa shape index (κ1) is 14.2. The minimum Gasteiger partial charge on any atom is -0.423 e. The fourth-order valence-corrected chi connectivity index (χ4v) is 0.989. The lowest BCUT2D eigenvalue weighted by Gasteiger charge is -1.97. The Morgan fingerprint density at radius 1 is 1.20 bits per heavy atom. The Morgan fingerprint density at radius 2 is 1.73 bits per heavy atom. The van der Waals surface area contributed by atoms with E-state index in [0.29, 0.717) is 5.46 Å². The molecule has 0 atom stereocenters. The second-order valence-electron chi connectivity index (χ2n) is 3.39. The summed E-state index contributed by atoms with van der Waals surface area (Å²) in [5.41, 5.74) is 1.65. The Bertz CT molecular complexity index is 247. The fourth-order valence-electron chi connectivity index (χ4n) is 0.989. The zero-order chi connectivity index (χ0) is 11.7. The molecule has 15 heavy (non-hydrogen) atoms. The normalized spacial score (nSPS) is 9.13. The molecule has 4 heteroatoms. The molecule has 0 fully saturated rings. The van der Waals surface area contributed by atoms with E-state index < -0.39 is 7.12 Å². The van der Waals surface area contributed by atoms with Crippen LogP contribution in [0, 0.1) is 6.92 Å². The molecule has 0 spiro atoms. The van der Waals surface area contributed by atoms with Gasteiger partial charge in [-0.3, -0.25) is 0 Å². The summed E-state index contributed by atoms with van der Waals surface area (Å²) in [4.78, 5) is 0. The number of hydrogen-bond acceptors (Lipinski definition) is 3. The first-order chi connectivity index (χ1) is 7.11. The summed E-state index contributed by atoms with van der Waals surface area (Å²) in [6.45, 7) is 5.24. The minimum atomic E-state index is -1.35. The van der Waals surface area contributed by atoms with Crippen molar-refractivity contribution >= 4 is 12.6 Å². The van der Waals surface area contributed by atoms with Crippen molar-refractivity contribution in [2.75, 3.05) is 13.6 Å². The quantitative estimate of drug-likeness (QED) is 0.627. The average Bonchev–Trinajstić information content (AvgIpc) is 2.20. The van der Waals surface area contributed by atoms with E-state index in [4.69, 9.17) is 10.0 Å². The van der Waals surface area contributed by atoms with Crippen LogP contribution in [0.3, 0.4) is 0 Å². The molecule has 0 amide bonds. The number of nitrogens with one attached hydrogen (secondary N) is 1. The van der Waals surface area contributed by atoms with E-state index in [2.05, 4.69) is 12.2 Å². The van der Waals surface area contributed by atoms with E-state index in [1.165, 1.54) is 6.42 Å². The standard InChI is InChI=1S/C7H9BO2.C4H11N/c1-6-2-4-7(5-3-6)8(9)10;1-3-4-5-2/h2-5,9-10H,1H3;5H,3-4H2,1-2H3. The van der Waals surface area contributed by atoms with Crippen LogP contribution < -0.4 is 10.8 Å². The predicted molar refractivity (Wildman–Crippen MR) is 65.2 cm³/mol. The van der Waals surface area contributed by atoms with E-state index >= 15 is 0 Å². The summed E-state index contributed by atoms with van der Waals surface area (Å²) in [6, 6.07) is 7.07. The Kier molecular flexibility index (Phi) is 8.00. The van der Waals surface area contributed by atoms with Gasteiger partial charge in [-0.25, -0.2) is 0 Å². The van der Waals surface area contributed by atoms with Crippen LogP contribution in [-0.2, 0) is 0 Å². The molecule has 0 saturated heterocycles. The topological polar surface area (TPSA) is 52.5 Å². The Labute approximate surface area is 92.3 Å². The second kappa shape index (κ2) is 8.47. The number of hydrogen-bond donors (Lipinski definition) is 3. The molecule has 0 unspecified atom stereocenters. The van der Waals surface area contributed by atoms with E-state index in [1.807, 2.05) is 26.1 Å². The Hall–Kier alpha value is -0.835. The van der Waals surface area contributed by atoms with Gasteiger partial charge in [0.1, 0.15) is 0 Å². The van der Waals surface area contributed by atoms with Gasteiger partial charge in [0, 0.05) is 0 Å². The maximum absolute atomic E-state index is 8.67. The molecule has 0 heterocycles. The third-order valence-electron chi connectivity index (χ3n) is 1.88. The van der Waals surface area contributed by atoms with Crippen LogP contribution in [0.25, 0.3) is 0 Å². The molecule has 3 N–H and O–H groups in total. The molecule has 1 rings (SSSR count). The minimum absolute atomic E-state index is 0.533. The van der Waals surface area contributed by atoms with Crippen molar-refractivity contribution < 1.29 is 10.0 Å². The van der Waals surface area contributed by atoms with Crippen LogP contribution in [0.2, 0.25) is 0 Å². The van der Waals surface area contributed by atoms with Crippen LogP contribution in [0.4, 0.5) is 0 Å². The highest BCUT2D eigenvalue weighted by molar-refractivity contribution is 6.58. The van der Waals surface area contributed by atoms with Gasteiger partial charge in [0.2, 0.25) is 0 Å². The molecule has 0 aliphatic heterocycles. The zero-order valence-electron chi connectivity index (χ0n) is 9.70. The lowest BCUT2D eigenvalue weighted by Crippen LogP contribution is -2.29. The lowest BCUT2D eigenvalue weighted by atomic mass is 9.80. The first-order valence-electron chi connectivity index (χ1n) is 5.19. The highest BCUT2D eigenvalue weighted by Crippen LogP contribution is 1.92. The van der Waals surface area contributed by atoms with E-state index in [1.54, 1.807) is 12.1 Å². The van der Waals surface area contributed by atoms with Gasteiger partial charge >= 0.3 is 7.12 Å². The largest absolute Gasteiger partial charge is 0.488 e.